The number of carbonyl (C=O) groups excluding carboxylic acids is 4. The van der Waals surface area contributed by atoms with E-state index in [4.69, 9.17) is 9.47 Å². The molecule has 2 saturated heterocycles. The van der Waals surface area contributed by atoms with Gasteiger partial charge in [0.25, 0.3) is 0 Å². The second-order valence-electron chi connectivity index (χ2n) is 11.8. The Labute approximate surface area is 231 Å². The number of amides is 4. The van der Waals surface area contributed by atoms with Crippen LogP contribution in [0.2, 0.25) is 0 Å². The largest absolute Gasteiger partial charge is 0.495 e. The minimum Gasteiger partial charge on any atom is -0.495 e. The van der Waals surface area contributed by atoms with Crippen LogP contribution < -0.4 is 19.3 Å². The quantitative estimate of drug-likeness (QED) is 0.424. The number of fused-ring (bicyclic) bond motifs is 10. The summed E-state index contributed by atoms with van der Waals surface area (Å²) < 4.78 is 11.3. The van der Waals surface area contributed by atoms with Crippen molar-refractivity contribution in [2.45, 2.75) is 12.8 Å². The second kappa shape index (κ2) is 8.16. The monoisotopic (exact) mass is 536 g/mol. The number of methoxy groups -OCH3 is 2. The van der Waals surface area contributed by atoms with Crippen LogP contribution in [0, 0.1) is 47.3 Å². The molecular weight excluding hydrogens is 508 g/mol. The predicted molar refractivity (Wildman–Crippen MR) is 145 cm³/mol. The molecule has 4 aliphatic carbocycles. The van der Waals surface area contributed by atoms with Gasteiger partial charge in [0.15, 0.2) is 0 Å². The zero-order valence-corrected chi connectivity index (χ0v) is 22.2. The molecule has 4 amide bonds. The van der Waals surface area contributed by atoms with Gasteiger partial charge in [0.05, 0.1) is 49.3 Å². The molecule has 2 aromatic rings. The van der Waals surface area contributed by atoms with E-state index in [0.29, 0.717) is 22.9 Å². The summed E-state index contributed by atoms with van der Waals surface area (Å²) in [4.78, 5) is 56.1. The summed E-state index contributed by atoms with van der Waals surface area (Å²) in [5, 5.41) is 0. The number of imide groups is 2. The molecule has 8 atom stereocenters. The molecule has 40 heavy (non-hydrogen) atoms. The Morgan fingerprint density at radius 2 is 0.875 bits per heavy atom. The van der Waals surface area contributed by atoms with Crippen LogP contribution in [0.15, 0.2) is 60.7 Å². The normalized spacial score (nSPS) is 34.5. The van der Waals surface area contributed by atoms with Gasteiger partial charge in [-0.25, -0.2) is 9.80 Å². The Hall–Kier alpha value is -4.20. The van der Waals surface area contributed by atoms with Gasteiger partial charge in [-0.05, 0) is 71.9 Å². The Kier molecular flexibility index (Phi) is 4.83. The van der Waals surface area contributed by atoms with Crippen LogP contribution in [0.5, 0.6) is 11.5 Å². The highest BCUT2D eigenvalue weighted by Gasteiger charge is 2.61. The van der Waals surface area contributed by atoms with E-state index in [1.54, 1.807) is 24.3 Å². The number of hydrogen-bond acceptors (Lipinski definition) is 6. The van der Waals surface area contributed by atoms with E-state index in [1.165, 1.54) is 24.0 Å². The predicted octanol–water partition coefficient (Wildman–Crippen LogP) is 3.99. The van der Waals surface area contributed by atoms with Gasteiger partial charge in [0.1, 0.15) is 11.5 Å². The summed E-state index contributed by atoms with van der Waals surface area (Å²) in [6.07, 6.45) is 10.1. The van der Waals surface area contributed by atoms with E-state index < -0.39 is 0 Å². The van der Waals surface area contributed by atoms with E-state index in [-0.39, 0.29) is 71.0 Å². The van der Waals surface area contributed by atoms with Crippen molar-refractivity contribution in [2.75, 3.05) is 24.0 Å². The molecule has 2 aliphatic heterocycles. The van der Waals surface area contributed by atoms with E-state index in [9.17, 15) is 19.2 Å². The fraction of sp³-hybridized carbons (Fsp3) is 0.375. The van der Waals surface area contributed by atoms with Crippen LogP contribution in [-0.4, -0.2) is 37.8 Å². The zero-order chi connectivity index (χ0) is 27.4. The number of rotatable bonds is 5. The van der Waals surface area contributed by atoms with E-state index >= 15 is 0 Å². The van der Waals surface area contributed by atoms with Crippen molar-refractivity contribution in [2.24, 2.45) is 47.3 Å². The van der Waals surface area contributed by atoms with Crippen LogP contribution in [0.3, 0.4) is 0 Å². The number of benzene rings is 2. The van der Waals surface area contributed by atoms with Gasteiger partial charge in [-0.15, -0.1) is 0 Å². The number of carbonyl (C=O) groups is 4. The third-order valence-electron chi connectivity index (χ3n) is 10.1. The topological polar surface area (TPSA) is 93.2 Å². The molecule has 2 heterocycles. The lowest BCUT2D eigenvalue weighted by molar-refractivity contribution is -0.124. The highest BCUT2D eigenvalue weighted by atomic mass is 16.5. The lowest BCUT2D eigenvalue weighted by Gasteiger charge is -2.22. The molecule has 2 aromatic carbocycles. The van der Waals surface area contributed by atoms with Gasteiger partial charge in [-0.1, -0.05) is 36.4 Å². The number of anilines is 2. The first-order valence-corrected chi connectivity index (χ1v) is 13.9. The van der Waals surface area contributed by atoms with E-state index in [2.05, 4.69) is 24.3 Å². The Morgan fingerprint density at radius 1 is 0.550 bits per heavy atom. The summed E-state index contributed by atoms with van der Waals surface area (Å²) in [7, 11) is 3.04. The molecule has 0 spiro atoms. The molecule has 0 N–H and O–H groups in total. The van der Waals surface area contributed by atoms with Crippen LogP contribution in [-0.2, 0) is 19.2 Å². The third-order valence-corrected chi connectivity index (χ3v) is 10.1. The summed E-state index contributed by atoms with van der Waals surface area (Å²) >= 11 is 0. The molecule has 8 heteroatoms. The minimum absolute atomic E-state index is 0.132. The molecule has 6 aliphatic rings. The Bertz CT molecular complexity index is 1410. The van der Waals surface area contributed by atoms with Gasteiger partial charge in [0, 0.05) is 0 Å². The van der Waals surface area contributed by atoms with Gasteiger partial charge in [-0.3, -0.25) is 19.2 Å². The highest BCUT2D eigenvalue weighted by molar-refractivity contribution is 6.24. The fourth-order valence-corrected chi connectivity index (χ4v) is 8.36. The summed E-state index contributed by atoms with van der Waals surface area (Å²) in [6.45, 7) is 0. The lowest BCUT2D eigenvalue weighted by Crippen LogP contribution is -2.33. The smallest absolute Gasteiger partial charge is 0.238 e. The number of hydrogen-bond donors (Lipinski definition) is 0. The number of ether oxygens (including phenoxy) is 2. The molecule has 0 aromatic heterocycles. The Morgan fingerprint density at radius 3 is 1.18 bits per heavy atom. The van der Waals surface area contributed by atoms with Crippen molar-refractivity contribution in [3.63, 3.8) is 0 Å². The van der Waals surface area contributed by atoms with Crippen molar-refractivity contribution in [1.82, 2.24) is 0 Å². The van der Waals surface area contributed by atoms with E-state index in [0.717, 1.165) is 24.0 Å². The van der Waals surface area contributed by atoms with E-state index in [1.807, 2.05) is 12.1 Å². The molecule has 2 saturated carbocycles. The first kappa shape index (κ1) is 23.7. The first-order chi connectivity index (χ1) is 19.4. The zero-order valence-electron chi connectivity index (χ0n) is 22.2. The van der Waals surface area contributed by atoms with Crippen LogP contribution in [0.4, 0.5) is 11.4 Å². The van der Waals surface area contributed by atoms with Crippen LogP contribution in [0.1, 0.15) is 12.8 Å². The van der Waals surface area contributed by atoms with Gasteiger partial charge >= 0.3 is 0 Å². The minimum atomic E-state index is -0.287. The highest BCUT2D eigenvalue weighted by Crippen LogP contribution is 2.55. The lowest BCUT2D eigenvalue weighted by atomic mass is 9.85. The van der Waals surface area contributed by atoms with Gasteiger partial charge in [-0.2, -0.15) is 0 Å². The molecule has 4 bridgehead atoms. The summed E-state index contributed by atoms with van der Waals surface area (Å²) in [6, 6.07) is 10.8. The molecule has 8 nitrogen and oxygen atoms in total. The maximum Gasteiger partial charge on any atom is 0.238 e. The Balaban J connectivity index is 1.11. The van der Waals surface area contributed by atoms with Crippen LogP contribution >= 0.6 is 0 Å². The molecule has 0 radical (unpaired) electrons. The van der Waals surface area contributed by atoms with Crippen molar-refractivity contribution < 1.29 is 28.7 Å². The van der Waals surface area contributed by atoms with Crippen LogP contribution in [0.25, 0.3) is 11.1 Å². The molecule has 0 unspecified atom stereocenters. The number of allylic oxidation sites excluding steroid dienone is 4. The number of nitrogens with zero attached hydrogens (tertiary/aromatic N) is 2. The standard InChI is InChI=1S/C32H28N2O6/c1-39-23-13-15(7-9-21(23)33-29(35)25-17-3-4-18(11-17)26(25)30(33)36)16-8-10-22(24(14-16)40-2)34-31(37)27-19-5-6-20(12-19)28(27)32(34)38/h3-10,13-14,17-20,25-28H,11-12H2,1-2H3/t17-,18+,19-,20+,25-,26-,27-,28+/m0/s1. The van der Waals surface area contributed by atoms with Crippen molar-refractivity contribution >= 4 is 35.0 Å². The molecule has 8 rings (SSSR count). The molecule has 202 valence electrons. The maximum atomic E-state index is 13.4. The average Bonchev–Trinajstić information content (AvgIpc) is 3.81. The van der Waals surface area contributed by atoms with Gasteiger partial charge in [0.2, 0.25) is 23.6 Å². The average molecular weight is 537 g/mol. The molecular formula is C32H28N2O6. The van der Waals surface area contributed by atoms with Crippen molar-refractivity contribution in [1.29, 1.82) is 0 Å². The summed E-state index contributed by atoms with van der Waals surface area (Å²) in [5.74, 6) is -0.399. The fourth-order valence-electron chi connectivity index (χ4n) is 8.36. The van der Waals surface area contributed by atoms with Crippen molar-refractivity contribution in [3.05, 3.63) is 60.7 Å². The van der Waals surface area contributed by atoms with Gasteiger partial charge < -0.3 is 9.47 Å². The SMILES string of the molecule is COc1cc(-c2ccc(N3C(=O)[C@@H]4[C@H](C3=O)[C@@H]3C=C[C@H]4C3)c(OC)c2)ccc1N1C(=O)[C@@H]2[C@@H](C1=O)[C@H]1C=C[C@@H]2C1. The maximum absolute atomic E-state index is 13.4. The third kappa shape index (κ3) is 2.91. The second-order valence-corrected chi connectivity index (χ2v) is 11.8. The summed E-state index contributed by atoms with van der Waals surface area (Å²) in [5.41, 5.74) is 2.46. The first-order valence-electron chi connectivity index (χ1n) is 13.9. The van der Waals surface area contributed by atoms with Crippen molar-refractivity contribution in [3.8, 4) is 22.6 Å². The molecule has 4 fully saturated rings.